The minimum Gasteiger partial charge on any atom is -0.497 e. The highest BCUT2D eigenvalue weighted by Gasteiger charge is 2.69. The Morgan fingerprint density at radius 1 is 0.963 bits per heavy atom. The predicted octanol–water partition coefficient (Wildman–Crippen LogP) is 9.77. The largest absolute Gasteiger partial charge is 0.497 e. The van der Waals surface area contributed by atoms with E-state index in [-0.39, 0.29) is 51.4 Å². The van der Waals surface area contributed by atoms with Crippen molar-refractivity contribution in [3.05, 3.63) is 46.4 Å². The van der Waals surface area contributed by atoms with Gasteiger partial charge in [-0.2, -0.15) is 0 Å². The third-order valence-electron chi connectivity index (χ3n) is 15.8. The second-order valence-electron chi connectivity index (χ2n) is 19.1. The van der Waals surface area contributed by atoms with Gasteiger partial charge in [0.25, 0.3) is 5.91 Å². The van der Waals surface area contributed by atoms with E-state index in [1.807, 2.05) is 24.3 Å². The molecule has 8 nitrogen and oxygen atoms in total. The summed E-state index contributed by atoms with van der Waals surface area (Å²) in [5, 5.41) is 4.54. The number of nitrogens with zero attached hydrogens (tertiary/aromatic N) is 2. The molecule has 1 aromatic carbocycles. The van der Waals surface area contributed by atoms with Crippen LogP contribution >= 0.6 is 24.0 Å². The number of esters is 1. The van der Waals surface area contributed by atoms with Crippen LogP contribution in [0.3, 0.4) is 0 Å². The van der Waals surface area contributed by atoms with Crippen molar-refractivity contribution in [2.24, 2.45) is 55.4 Å². The van der Waals surface area contributed by atoms with Gasteiger partial charge in [-0.1, -0.05) is 101 Å². The number of rotatable bonds is 6. The van der Waals surface area contributed by atoms with Crippen LogP contribution in [0.1, 0.15) is 118 Å². The van der Waals surface area contributed by atoms with Gasteiger partial charge in [-0.3, -0.25) is 14.5 Å². The van der Waals surface area contributed by atoms with Gasteiger partial charge >= 0.3 is 11.9 Å². The summed E-state index contributed by atoms with van der Waals surface area (Å²) in [6.45, 7) is 16.6. The zero-order chi connectivity index (χ0) is 39.1. The molecule has 1 saturated heterocycles. The summed E-state index contributed by atoms with van der Waals surface area (Å²) in [5.74, 6) is 0.894. The van der Waals surface area contributed by atoms with E-state index in [0.717, 1.165) is 81.2 Å². The minimum absolute atomic E-state index is 0.00427. The first-order valence-corrected chi connectivity index (χ1v) is 21.0. The molecule has 4 saturated carbocycles. The molecule has 1 aromatic rings. The molecule has 0 aromatic heterocycles. The highest BCUT2D eigenvalue weighted by atomic mass is 32.2. The molecule has 1 aliphatic heterocycles. The summed E-state index contributed by atoms with van der Waals surface area (Å²) in [6, 6.07) is 7.39. The Morgan fingerprint density at radius 2 is 1.67 bits per heavy atom. The summed E-state index contributed by atoms with van der Waals surface area (Å²) in [6.07, 6.45) is 14.2. The Labute approximate surface area is 331 Å². The predicted molar refractivity (Wildman–Crippen MR) is 217 cm³/mol. The molecule has 10 heteroatoms. The Kier molecular flexibility index (Phi) is 9.89. The first kappa shape index (κ1) is 39.3. The molecule has 0 spiro atoms. The van der Waals surface area contributed by atoms with Crippen molar-refractivity contribution >= 4 is 57.9 Å². The number of carbonyl (C=O) groups excluding carboxylic acids is 3. The molecule has 0 unspecified atom stereocenters. The van der Waals surface area contributed by atoms with E-state index in [9.17, 15) is 14.4 Å². The normalized spacial score (nSPS) is 38.1. The van der Waals surface area contributed by atoms with Crippen molar-refractivity contribution in [2.45, 2.75) is 113 Å². The van der Waals surface area contributed by atoms with E-state index in [4.69, 9.17) is 26.5 Å². The minimum atomic E-state index is -0.603. The fourth-order valence-electron chi connectivity index (χ4n) is 12.5. The molecule has 7 atom stereocenters. The molecule has 1 amide bonds. The molecule has 6 aliphatic rings. The Bertz CT molecular complexity index is 1850. The van der Waals surface area contributed by atoms with Crippen LogP contribution in [-0.4, -0.2) is 53.5 Å². The first-order chi connectivity index (χ1) is 25.3. The molecule has 292 valence electrons. The second kappa shape index (κ2) is 13.6. The van der Waals surface area contributed by atoms with Crippen LogP contribution in [0.4, 0.5) is 0 Å². The fraction of sp³-hybridized carbons (Fsp3) is 0.659. The van der Waals surface area contributed by atoms with Crippen LogP contribution < -0.4 is 4.74 Å². The molecule has 54 heavy (non-hydrogen) atoms. The molecular weight excluding hydrogens is 717 g/mol. The first-order valence-electron chi connectivity index (χ1n) is 19.8. The number of fused-ring (bicyclic) bond motifs is 7. The lowest BCUT2D eigenvalue weighted by Gasteiger charge is -2.70. The van der Waals surface area contributed by atoms with Gasteiger partial charge in [-0.05, 0) is 127 Å². The van der Waals surface area contributed by atoms with Gasteiger partial charge in [0.2, 0.25) is 0 Å². The number of carbonyl (C=O) groups is 3. The van der Waals surface area contributed by atoms with Crippen molar-refractivity contribution in [2.75, 3.05) is 20.8 Å². The van der Waals surface area contributed by atoms with Gasteiger partial charge in [0.05, 0.1) is 30.3 Å². The van der Waals surface area contributed by atoms with Gasteiger partial charge in [-0.15, -0.1) is 0 Å². The maximum atomic E-state index is 13.6. The highest BCUT2D eigenvalue weighted by molar-refractivity contribution is 8.26. The topological polar surface area (TPSA) is 94.5 Å². The van der Waals surface area contributed by atoms with Crippen molar-refractivity contribution in [3.63, 3.8) is 0 Å². The number of thioether (sulfide) groups is 1. The number of allylic oxidation sites excluding steroid dienone is 2. The van der Waals surface area contributed by atoms with E-state index in [0.29, 0.717) is 21.1 Å². The zero-order valence-electron chi connectivity index (χ0n) is 33.6. The van der Waals surface area contributed by atoms with Crippen molar-refractivity contribution in [1.29, 1.82) is 0 Å². The SMILES string of the molecule is COC(=O)[C@]12CCC(C)(C)C[C@@H]1C1=CC[C@@H]3[C@@]4(C)CC/C(=N/OC(=O)CN5C(=O)/C(=C/c6ccc(OC)cc6)SC5=S)C(C)(C)[C@H]4CC[C@@]3(C)[C@]1(C)CC2. The Morgan fingerprint density at radius 3 is 2.35 bits per heavy atom. The summed E-state index contributed by atoms with van der Waals surface area (Å²) in [5.41, 5.74) is 3.00. The standard InChI is InChI=1S/C44H58N2O6S2/c1-39(2)20-22-44(37(49)51-9)23-21-42(6)29(30(44)25-39)14-15-33-41(5)18-17-34(40(3,4)32(41)16-19-43(33,42)7)45-52-35(47)26-46-36(48)31(54-38(46)53)24-27-10-12-28(50-8)13-11-27/h10-14,24,30,32-33H,15-23,25-26H2,1-9H3/b31-24-,45-34-/t30-,32-,33-,41+,42-,43-,44+/m1/s1. The fourth-order valence-corrected chi connectivity index (χ4v) is 13.8. The molecule has 0 bridgehead atoms. The van der Waals surface area contributed by atoms with Gasteiger partial charge in [0, 0.05) is 5.41 Å². The van der Waals surface area contributed by atoms with E-state index < -0.39 is 11.4 Å². The van der Waals surface area contributed by atoms with Gasteiger partial charge in [0.15, 0.2) is 0 Å². The number of hydrogen-bond acceptors (Lipinski definition) is 9. The van der Waals surface area contributed by atoms with Crippen LogP contribution in [-0.2, 0) is 24.0 Å². The van der Waals surface area contributed by atoms with E-state index in [2.05, 4.69) is 59.7 Å². The van der Waals surface area contributed by atoms with Crippen molar-refractivity contribution in [1.82, 2.24) is 4.90 Å². The molecule has 5 fully saturated rings. The number of ether oxygens (including phenoxy) is 2. The summed E-state index contributed by atoms with van der Waals surface area (Å²) in [7, 11) is 3.18. The van der Waals surface area contributed by atoms with Crippen LogP contribution in [0.15, 0.2) is 46.0 Å². The number of amides is 1. The van der Waals surface area contributed by atoms with Gasteiger partial charge in [-0.25, -0.2) is 4.79 Å². The van der Waals surface area contributed by atoms with Crippen LogP contribution in [0.5, 0.6) is 5.75 Å². The molecule has 7 rings (SSSR count). The van der Waals surface area contributed by atoms with E-state index >= 15 is 0 Å². The molecule has 0 radical (unpaired) electrons. The third-order valence-corrected chi connectivity index (χ3v) is 17.2. The monoisotopic (exact) mass is 774 g/mol. The lowest BCUT2D eigenvalue weighted by atomic mass is 9.33. The second-order valence-corrected chi connectivity index (χ2v) is 20.8. The van der Waals surface area contributed by atoms with Crippen molar-refractivity contribution in [3.8, 4) is 5.75 Å². The summed E-state index contributed by atoms with van der Waals surface area (Å²) >= 11 is 6.67. The third kappa shape index (κ3) is 6.02. The summed E-state index contributed by atoms with van der Waals surface area (Å²) in [4.78, 5) is 47.4. The van der Waals surface area contributed by atoms with E-state index in [1.54, 1.807) is 20.3 Å². The average molecular weight is 775 g/mol. The molecule has 0 N–H and O–H groups in total. The zero-order valence-corrected chi connectivity index (χ0v) is 35.3. The smallest absolute Gasteiger partial charge is 0.354 e. The van der Waals surface area contributed by atoms with Crippen LogP contribution in [0.2, 0.25) is 0 Å². The molecule has 5 aliphatic carbocycles. The van der Waals surface area contributed by atoms with Gasteiger partial charge < -0.3 is 14.3 Å². The van der Waals surface area contributed by atoms with Crippen LogP contribution in [0, 0.1) is 50.2 Å². The molecular formula is C44H58N2O6S2. The lowest BCUT2D eigenvalue weighted by molar-refractivity contribution is -0.181. The lowest BCUT2D eigenvalue weighted by Crippen LogP contribution is -2.64. The van der Waals surface area contributed by atoms with Crippen molar-refractivity contribution < 1.29 is 28.7 Å². The van der Waals surface area contributed by atoms with Gasteiger partial charge in [0.1, 0.15) is 16.6 Å². The van der Waals surface area contributed by atoms with Crippen LogP contribution in [0.25, 0.3) is 6.08 Å². The number of oxime groups is 1. The number of benzene rings is 1. The maximum absolute atomic E-state index is 13.6. The highest BCUT2D eigenvalue weighted by Crippen LogP contribution is 2.75. The average Bonchev–Trinajstić information content (AvgIpc) is 3.38. The molecule has 1 heterocycles. The number of hydrogen-bond donors (Lipinski definition) is 0. The number of thiocarbonyl (C=S) groups is 1. The van der Waals surface area contributed by atoms with E-state index in [1.165, 1.54) is 22.2 Å². The quantitative estimate of drug-likeness (QED) is 0.0705. The number of methoxy groups -OCH3 is 2. The Balaban J connectivity index is 1.07. The maximum Gasteiger partial charge on any atom is 0.354 e. The summed E-state index contributed by atoms with van der Waals surface area (Å²) < 4.78 is 11.1. The Hall–Kier alpha value is -2.98.